The number of carboxylic acids is 1. The van der Waals surface area contributed by atoms with Crippen molar-refractivity contribution < 1.29 is 24.2 Å². The fourth-order valence-electron chi connectivity index (χ4n) is 5.16. The van der Waals surface area contributed by atoms with E-state index in [1.165, 1.54) is 7.11 Å². The lowest BCUT2D eigenvalue weighted by molar-refractivity contribution is -0.137. The van der Waals surface area contributed by atoms with Crippen LogP contribution >= 0.6 is 0 Å². The molecular weight excluding hydrogens is 518 g/mol. The summed E-state index contributed by atoms with van der Waals surface area (Å²) in [4.78, 5) is 39.0. The summed E-state index contributed by atoms with van der Waals surface area (Å²) >= 11 is 0. The Kier molecular flexibility index (Phi) is 8.29. The van der Waals surface area contributed by atoms with E-state index in [1.54, 1.807) is 35.2 Å². The monoisotopic (exact) mass is 549 g/mol. The number of nitrogens with one attached hydrogen (secondary N) is 2. The Balaban J connectivity index is 1.22. The van der Waals surface area contributed by atoms with Crippen molar-refractivity contribution in [3.8, 4) is 5.75 Å². The molecule has 0 fully saturated rings. The Morgan fingerprint density at radius 3 is 2.32 bits per heavy atom. The number of hydrogen-bond acceptors (Lipinski definition) is 4. The van der Waals surface area contributed by atoms with Gasteiger partial charge in [0.1, 0.15) is 5.75 Å². The molecular formula is C33H31N3O5. The highest BCUT2D eigenvalue weighted by atomic mass is 16.5. The van der Waals surface area contributed by atoms with Gasteiger partial charge in [-0.05, 0) is 59.0 Å². The second-order valence-corrected chi connectivity index (χ2v) is 9.90. The van der Waals surface area contributed by atoms with E-state index in [-0.39, 0.29) is 30.7 Å². The van der Waals surface area contributed by atoms with Crippen LogP contribution in [0.4, 0.5) is 21.9 Å². The summed E-state index contributed by atoms with van der Waals surface area (Å²) in [7, 11) is 1.52. The van der Waals surface area contributed by atoms with Gasteiger partial charge in [-0.15, -0.1) is 0 Å². The zero-order valence-electron chi connectivity index (χ0n) is 22.7. The van der Waals surface area contributed by atoms with Crippen LogP contribution in [0.15, 0.2) is 97.1 Å². The van der Waals surface area contributed by atoms with Crippen LogP contribution in [0.5, 0.6) is 5.75 Å². The second-order valence-electron chi connectivity index (χ2n) is 9.90. The molecule has 0 aliphatic carbocycles. The third-order valence-electron chi connectivity index (χ3n) is 7.18. The Bertz CT molecular complexity index is 1550. The molecule has 0 aromatic heterocycles. The van der Waals surface area contributed by atoms with Gasteiger partial charge in [-0.2, -0.15) is 0 Å². The van der Waals surface area contributed by atoms with Gasteiger partial charge < -0.3 is 20.5 Å². The highest BCUT2D eigenvalue weighted by Crippen LogP contribution is 2.31. The maximum absolute atomic E-state index is 13.0. The van der Waals surface area contributed by atoms with Gasteiger partial charge >= 0.3 is 12.0 Å². The van der Waals surface area contributed by atoms with Crippen LogP contribution in [0.1, 0.15) is 34.6 Å². The number of anilines is 3. The van der Waals surface area contributed by atoms with Crippen molar-refractivity contribution in [1.29, 1.82) is 0 Å². The number of carbonyl (C=O) groups excluding carboxylic acids is 2. The van der Waals surface area contributed by atoms with Crippen LogP contribution in [-0.2, 0) is 22.4 Å². The molecule has 4 aromatic rings. The topological polar surface area (TPSA) is 108 Å². The van der Waals surface area contributed by atoms with E-state index in [2.05, 4.69) is 10.6 Å². The number of amides is 3. The number of ether oxygens (including phenoxy) is 1. The van der Waals surface area contributed by atoms with Gasteiger partial charge in [0, 0.05) is 23.8 Å². The standard InChI is InChI=1S/C33H31N3O5/c1-41-30-19-22(11-16-28(30)35-33(40)36-18-17-25-9-5-6-10-29(25)36)20-31(37)34-26-14-12-24(13-15-26)27(21-32(38)39)23-7-3-2-4-8-23/h2-16,19,27H,17-18,20-21H2,1H3,(H,34,37)(H,35,40)(H,38,39). The summed E-state index contributed by atoms with van der Waals surface area (Å²) in [6, 6.07) is 29.6. The molecule has 8 heteroatoms. The van der Waals surface area contributed by atoms with E-state index < -0.39 is 5.97 Å². The quantitative estimate of drug-likeness (QED) is 0.235. The molecule has 1 atom stereocenters. The number of methoxy groups -OCH3 is 1. The van der Waals surface area contributed by atoms with Crippen molar-refractivity contribution in [2.45, 2.75) is 25.2 Å². The molecule has 3 amide bonds. The maximum atomic E-state index is 13.0. The minimum Gasteiger partial charge on any atom is -0.495 e. The predicted octanol–water partition coefficient (Wildman–Crippen LogP) is 6.08. The summed E-state index contributed by atoms with van der Waals surface area (Å²) in [6.45, 7) is 0.610. The average molecular weight is 550 g/mol. The van der Waals surface area contributed by atoms with Crippen LogP contribution in [0.25, 0.3) is 0 Å². The van der Waals surface area contributed by atoms with E-state index in [4.69, 9.17) is 4.74 Å². The zero-order valence-corrected chi connectivity index (χ0v) is 22.7. The minimum absolute atomic E-state index is 0.0284. The number of carboxylic acid groups (broad SMARTS) is 1. The SMILES string of the molecule is COc1cc(CC(=O)Nc2ccc(C(CC(=O)O)c3ccccc3)cc2)ccc1NC(=O)N1CCc2ccccc21. The zero-order chi connectivity index (χ0) is 28.8. The maximum Gasteiger partial charge on any atom is 0.326 e. The highest BCUT2D eigenvalue weighted by molar-refractivity contribution is 6.04. The number of nitrogens with zero attached hydrogens (tertiary/aromatic N) is 1. The number of carbonyl (C=O) groups is 3. The number of hydrogen-bond donors (Lipinski definition) is 3. The van der Waals surface area contributed by atoms with Gasteiger partial charge in [-0.25, -0.2) is 4.79 Å². The number of rotatable bonds is 9. The summed E-state index contributed by atoms with van der Waals surface area (Å²) in [6.07, 6.45) is 0.893. The highest BCUT2D eigenvalue weighted by Gasteiger charge is 2.25. The lowest BCUT2D eigenvalue weighted by Gasteiger charge is -2.19. The molecule has 4 aromatic carbocycles. The van der Waals surface area contributed by atoms with E-state index >= 15 is 0 Å². The third-order valence-corrected chi connectivity index (χ3v) is 7.18. The van der Waals surface area contributed by atoms with Gasteiger partial charge in [-0.3, -0.25) is 14.5 Å². The van der Waals surface area contributed by atoms with Crippen LogP contribution in [0.3, 0.4) is 0 Å². The molecule has 41 heavy (non-hydrogen) atoms. The van der Waals surface area contributed by atoms with Crippen LogP contribution < -0.4 is 20.3 Å². The predicted molar refractivity (Wildman–Crippen MR) is 159 cm³/mol. The molecule has 0 bridgehead atoms. The van der Waals surface area contributed by atoms with Crippen molar-refractivity contribution in [2.75, 3.05) is 29.2 Å². The van der Waals surface area contributed by atoms with Crippen molar-refractivity contribution in [2.24, 2.45) is 0 Å². The summed E-state index contributed by atoms with van der Waals surface area (Å²) < 4.78 is 5.51. The van der Waals surface area contributed by atoms with Crippen LogP contribution in [0, 0.1) is 0 Å². The minimum atomic E-state index is -0.876. The van der Waals surface area contributed by atoms with Gasteiger partial charge in [0.15, 0.2) is 0 Å². The Hall–Kier alpha value is -5.11. The van der Waals surface area contributed by atoms with E-state index in [0.717, 1.165) is 34.4 Å². The van der Waals surface area contributed by atoms with E-state index in [0.29, 0.717) is 23.7 Å². The summed E-state index contributed by atoms with van der Waals surface area (Å²) in [5, 5.41) is 15.2. The first-order valence-corrected chi connectivity index (χ1v) is 13.4. The van der Waals surface area contributed by atoms with Crippen molar-refractivity contribution in [1.82, 2.24) is 0 Å². The Labute approximate surface area is 238 Å². The van der Waals surface area contributed by atoms with Gasteiger partial charge in [-0.1, -0.05) is 66.7 Å². The molecule has 0 saturated heterocycles. The Morgan fingerprint density at radius 1 is 0.878 bits per heavy atom. The van der Waals surface area contributed by atoms with Gasteiger partial charge in [0.2, 0.25) is 5.91 Å². The molecule has 0 saturated carbocycles. The van der Waals surface area contributed by atoms with E-state index in [1.807, 2.05) is 66.7 Å². The third kappa shape index (κ3) is 6.55. The molecule has 1 aliphatic heterocycles. The summed E-state index contributed by atoms with van der Waals surface area (Å²) in [5.41, 5.74) is 5.69. The first-order chi connectivity index (χ1) is 19.9. The first-order valence-electron chi connectivity index (χ1n) is 13.4. The van der Waals surface area contributed by atoms with Crippen molar-refractivity contribution >= 4 is 35.0 Å². The van der Waals surface area contributed by atoms with Crippen molar-refractivity contribution in [3.63, 3.8) is 0 Å². The molecule has 0 radical (unpaired) electrons. The number of urea groups is 1. The smallest absolute Gasteiger partial charge is 0.326 e. The molecule has 1 unspecified atom stereocenters. The molecule has 0 spiro atoms. The van der Waals surface area contributed by atoms with Crippen LogP contribution in [0.2, 0.25) is 0 Å². The Morgan fingerprint density at radius 2 is 1.59 bits per heavy atom. The first kappa shape index (κ1) is 27.5. The second kappa shape index (κ2) is 12.4. The van der Waals surface area contributed by atoms with E-state index in [9.17, 15) is 19.5 Å². The molecule has 3 N–H and O–H groups in total. The molecule has 8 nitrogen and oxygen atoms in total. The normalized spacial score (nSPS) is 12.8. The lowest BCUT2D eigenvalue weighted by Crippen LogP contribution is -2.33. The fourth-order valence-corrected chi connectivity index (χ4v) is 5.16. The molecule has 1 aliphatic rings. The number of aliphatic carboxylic acids is 1. The average Bonchev–Trinajstić information content (AvgIpc) is 3.42. The number of benzene rings is 4. The fraction of sp³-hybridized carbons (Fsp3) is 0.182. The number of fused-ring (bicyclic) bond motifs is 1. The molecule has 5 rings (SSSR count). The van der Waals surface area contributed by atoms with Crippen molar-refractivity contribution in [3.05, 3.63) is 119 Å². The largest absolute Gasteiger partial charge is 0.495 e. The molecule has 208 valence electrons. The van der Waals surface area contributed by atoms with Gasteiger partial charge in [0.25, 0.3) is 0 Å². The molecule has 1 heterocycles. The lowest BCUT2D eigenvalue weighted by atomic mass is 9.88. The number of para-hydroxylation sites is 1. The summed E-state index contributed by atoms with van der Waals surface area (Å²) in [5.74, 6) is -0.912. The van der Waals surface area contributed by atoms with Gasteiger partial charge in [0.05, 0.1) is 25.6 Å². The van der Waals surface area contributed by atoms with Crippen LogP contribution in [-0.4, -0.2) is 36.7 Å².